The van der Waals surface area contributed by atoms with Crippen molar-refractivity contribution in [2.75, 3.05) is 6.61 Å². The van der Waals surface area contributed by atoms with Gasteiger partial charge < -0.3 is 10.5 Å². The normalized spacial score (nSPS) is 16.4. The highest BCUT2D eigenvalue weighted by Crippen LogP contribution is 2.29. The van der Waals surface area contributed by atoms with E-state index in [1.54, 1.807) is 11.3 Å². The van der Waals surface area contributed by atoms with Crippen LogP contribution in [0, 0.1) is 12.8 Å². The lowest BCUT2D eigenvalue weighted by atomic mass is 9.83. The number of nitrogens with two attached hydrogens (primary N) is 1. The van der Waals surface area contributed by atoms with Crippen LogP contribution in [0.4, 0.5) is 0 Å². The van der Waals surface area contributed by atoms with E-state index >= 15 is 0 Å². The largest absolute Gasteiger partial charge is 0.377 e. The highest BCUT2D eigenvalue weighted by atomic mass is 32.1. The quantitative estimate of drug-likeness (QED) is 0.774. The third-order valence-corrected chi connectivity index (χ3v) is 4.54. The summed E-state index contributed by atoms with van der Waals surface area (Å²) in [7, 11) is 0. The average Bonchev–Trinajstić information content (AvgIpc) is 2.57. The van der Waals surface area contributed by atoms with Gasteiger partial charge in [0.2, 0.25) is 0 Å². The van der Waals surface area contributed by atoms with Gasteiger partial charge in [0.25, 0.3) is 0 Å². The Hall–Kier alpha value is -0.380. The fourth-order valence-electron chi connectivity index (χ4n) is 2.05. The molecule has 0 aliphatic heterocycles. The first-order valence-electron chi connectivity index (χ1n) is 6.15. The topological polar surface area (TPSA) is 35.2 Å². The third kappa shape index (κ3) is 3.06. The molecule has 0 radical (unpaired) electrons. The van der Waals surface area contributed by atoms with Gasteiger partial charge >= 0.3 is 0 Å². The molecule has 0 spiro atoms. The summed E-state index contributed by atoms with van der Waals surface area (Å²) < 4.78 is 5.73. The van der Waals surface area contributed by atoms with Crippen LogP contribution >= 0.6 is 11.3 Å². The summed E-state index contributed by atoms with van der Waals surface area (Å²) in [6, 6.07) is 2.18. The van der Waals surface area contributed by atoms with Gasteiger partial charge in [-0.05, 0) is 30.9 Å². The monoisotopic (exact) mass is 239 g/mol. The molecule has 2 N–H and O–H groups in total. The minimum atomic E-state index is 0.646. The molecule has 0 aromatic carbocycles. The zero-order valence-electron chi connectivity index (χ0n) is 10.00. The van der Waals surface area contributed by atoms with Gasteiger partial charge in [0, 0.05) is 22.9 Å². The minimum absolute atomic E-state index is 0.646. The van der Waals surface area contributed by atoms with Gasteiger partial charge in [-0.1, -0.05) is 19.3 Å². The molecule has 90 valence electrons. The molecule has 0 amide bonds. The van der Waals surface area contributed by atoms with Crippen molar-refractivity contribution < 1.29 is 4.74 Å². The van der Waals surface area contributed by atoms with Crippen molar-refractivity contribution in [3.05, 3.63) is 21.4 Å². The molecule has 0 bridgehead atoms. The summed E-state index contributed by atoms with van der Waals surface area (Å²) in [4.78, 5) is 2.61. The van der Waals surface area contributed by atoms with E-state index in [1.807, 2.05) is 0 Å². The number of hydrogen-bond donors (Lipinski definition) is 1. The van der Waals surface area contributed by atoms with E-state index in [4.69, 9.17) is 10.5 Å². The molecular weight excluding hydrogens is 218 g/mol. The molecule has 2 nitrogen and oxygen atoms in total. The van der Waals surface area contributed by atoms with Gasteiger partial charge in [0.05, 0.1) is 6.61 Å². The molecule has 1 aromatic rings. The molecule has 2 rings (SSSR count). The number of hydrogen-bond acceptors (Lipinski definition) is 3. The molecule has 0 unspecified atom stereocenters. The van der Waals surface area contributed by atoms with Crippen LogP contribution in [0.15, 0.2) is 6.07 Å². The van der Waals surface area contributed by atoms with Crippen LogP contribution in [0.2, 0.25) is 0 Å². The predicted octanol–water partition coefficient (Wildman–Crippen LogP) is 3.22. The van der Waals surface area contributed by atoms with Crippen LogP contribution in [0.1, 0.15) is 41.0 Å². The number of ether oxygens (including phenoxy) is 1. The lowest BCUT2D eigenvalue weighted by Gasteiger charge is -2.24. The molecule has 1 saturated carbocycles. The van der Waals surface area contributed by atoms with Crippen LogP contribution in [0.25, 0.3) is 0 Å². The van der Waals surface area contributed by atoms with E-state index in [-0.39, 0.29) is 0 Å². The molecule has 1 aliphatic rings. The van der Waals surface area contributed by atoms with Crippen LogP contribution in [0.5, 0.6) is 0 Å². The van der Waals surface area contributed by atoms with Crippen LogP contribution in [0.3, 0.4) is 0 Å². The lowest BCUT2D eigenvalue weighted by molar-refractivity contribution is 0.0949. The molecule has 1 aliphatic carbocycles. The maximum Gasteiger partial charge on any atom is 0.0727 e. The maximum atomic E-state index is 5.73. The van der Waals surface area contributed by atoms with Gasteiger partial charge in [0.1, 0.15) is 0 Å². The van der Waals surface area contributed by atoms with Gasteiger partial charge in [-0.15, -0.1) is 11.3 Å². The fourth-order valence-corrected chi connectivity index (χ4v) is 2.97. The Morgan fingerprint density at radius 1 is 1.50 bits per heavy atom. The minimum Gasteiger partial charge on any atom is -0.377 e. The van der Waals surface area contributed by atoms with Crippen molar-refractivity contribution in [1.82, 2.24) is 0 Å². The molecule has 1 heterocycles. The number of rotatable bonds is 6. The van der Waals surface area contributed by atoms with Gasteiger partial charge in [-0.25, -0.2) is 0 Å². The Balaban J connectivity index is 1.69. The summed E-state index contributed by atoms with van der Waals surface area (Å²) in [5.41, 5.74) is 6.94. The second-order valence-corrected chi connectivity index (χ2v) is 5.98. The summed E-state index contributed by atoms with van der Waals surface area (Å²) in [5.74, 6) is 0.947. The van der Waals surface area contributed by atoms with Crippen molar-refractivity contribution in [2.24, 2.45) is 11.7 Å². The van der Waals surface area contributed by atoms with Gasteiger partial charge in [0.15, 0.2) is 0 Å². The average molecular weight is 239 g/mol. The van der Waals surface area contributed by atoms with Crippen molar-refractivity contribution in [3.8, 4) is 0 Å². The molecule has 1 fully saturated rings. The summed E-state index contributed by atoms with van der Waals surface area (Å²) in [6.45, 7) is 4.47. The highest BCUT2D eigenvalue weighted by Gasteiger charge is 2.16. The van der Waals surface area contributed by atoms with Crippen molar-refractivity contribution >= 4 is 11.3 Å². The van der Waals surface area contributed by atoms with Gasteiger partial charge in [-0.3, -0.25) is 0 Å². The first-order chi connectivity index (χ1) is 7.79. The molecule has 0 saturated heterocycles. The Bertz CT molecular complexity index is 331. The Morgan fingerprint density at radius 2 is 2.31 bits per heavy atom. The van der Waals surface area contributed by atoms with E-state index < -0.39 is 0 Å². The Labute approximate surface area is 102 Å². The molecular formula is C13H21NOS. The van der Waals surface area contributed by atoms with Crippen LogP contribution in [-0.2, 0) is 17.9 Å². The predicted molar refractivity (Wildman–Crippen MR) is 68.6 cm³/mol. The zero-order valence-corrected chi connectivity index (χ0v) is 10.8. The molecule has 0 atom stereocenters. The number of aryl methyl sites for hydroxylation is 1. The molecule has 1 aromatic heterocycles. The van der Waals surface area contributed by atoms with Crippen LogP contribution in [-0.4, -0.2) is 6.61 Å². The third-order valence-electron chi connectivity index (χ3n) is 3.43. The lowest BCUT2D eigenvalue weighted by Crippen LogP contribution is -2.13. The SMILES string of the molecule is Cc1sc(CN)cc1COCCC1CCC1. The number of thiophene rings is 1. The Kier molecular flexibility index (Phi) is 4.38. The zero-order chi connectivity index (χ0) is 11.4. The van der Waals surface area contributed by atoms with E-state index in [2.05, 4.69) is 13.0 Å². The van der Waals surface area contributed by atoms with Crippen molar-refractivity contribution in [1.29, 1.82) is 0 Å². The first-order valence-corrected chi connectivity index (χ1v) is 6.97. The highest BCUT2D eigenvalue weighted by molar-refractivity contribution is 7.12. The molecule has 16 heavy (non-hydrogen) atoms. The molecule has 3 heteroatoms. The summed E-state index contributed by atoms with van der Waals surface area (Å²) in [6.07, 6.45) is 5.50. The Morgan fingerprint density at radius 3 is 2.88 bits per heavy atom. The fraction of sp³-hybridized carbons (Fsp3) is 0.692. The smallest absolute Gasteiger partial charge is 0.0727 e. The van der Waals surface area contributed by atoms with E-state index in [0.717, 1.165) is 19.1 Å². The van der Waals surface area contributed by atoms with Crippen molar-refractivity contribution in [2.45, 2.75) is 45.8 Å². The second kappa shape index (κ2) is 5.80. The van der Waals surface area contributed by atoms with Crippen LogP contribution < -0.4 is 5.73 Å². The van der Waals surface area contributed by atoms with E-state index in [0.29, 0.717) is 6.54 Å². The maximum absolute atomic E-state index is 5.73. The second-order valence-electron chi connectivity index (χ2n) is 4.64. The van der Waals surface area contributed by atoms with E-state index in [1.165, 1.54) is 41.0 Å². The first kappa shape index (κ1) is 12.1. The summed E-state index contributed by atoms with van der Waals surface area (Å²) >= 11 is 1.79. The van der Waals surface area contributed by atoms with Crippen molar-refractivity contribution in [3.63, 3.8) is 0 Å². The standard InChI is InChI=1S/C13H21NOS/c1-10-12(7-13(8-14)16-10)9-15-6-5-11-3-2-4-11/h7,11H,2-6,8-9,14H2,1H3. The van der Waals surface area contributed by atoms with E-state index in [9.17, 15) is 0 Å². The summed E-state index contributed by atoms with van der Waals surface area (Å²) in [5, 5.41) is 0. The van der Waals surface area contributed by atoms with Gasteiger partial charge in [-0.2, -0.15) is 0 Å².